The second-order valence-corrected chi connectivity index (χ2v) is 12.2. The fraction of sp³-hybridized carbons (Fsp3) is 0.355. The summed E-state index contributed by atoms with van der Waals surface area (Å²) in [6, 6.07) is 20.1. The first-order valence-electron chi connectivity index (χ1n) is 13.3. The number of aryl methyl sites for hydroxylation is 2. The molecule has 0 radical (unpaired) electrons. The van der Waals surface area contributed by atoms with Crippen LogP contribution in [0.2, 0.25) is 0 Å². The molecule has 0 aliphatic carbocycles. The quantitative estimate of drug-likeness (QED) is 0.344. The summed E-state index contributed by atoms with van der Waals surface area (Å²) in [7, 11) is -2.73. The molecule has 9 heteroatoms. The van der Waals surface area contributed by atoms with Gasteiger partial charge in [0, 0.05) is 13.1 Å². The number of benzene rings is 3. The predicted molar refractivity (Wildman–Crippen MR) is 158 cm³/mol. The predicted octanol–water partition coefficient (Wildman–Crippen LogP) is 4.70. The van der Waals surface area contributed by atoms with Crippen LogP contribution < -0.4 is 14.4 Å². The molecule has 0 saturated carbocycles. The van der Waals surface area contributed by atoms with E-state index in [2.05, 4.69) is 5.32 Å². The van der Waals surface area contributed by atoms with Crippen molar-refractivity contribution in [1.29, 1.82) is 0 Å². The first-order chi connectivity index (χ1) is 18.9. The Morgan fingerprint density at radius 2 is 1.52 bits per heavy atom. The molecule has 0 fully saturated rings. The minimum atomic E-state index is -4.18. The summed E-state index contributed by atoms with van der Waals surface area (Å²) in [4.78, 5) is 28.6. The van der Waals surface area contributed by atoms with E-state index in [1.165, 1.54) is 24.1 Å². The molecule has 8 nitrogen and oxygen atoms in total. The second kappa shape index (κ2) is 13.5. The molecule has 0 aliphatic rings. The first kappa shape index (κ1) is 30.7. The van der Waals surface area contributed by atoms with Crippen LogP contribution in [0, 0.1) is 19.8 Å². The molecular weight excluding hydrogens is 526 g/mol. The molecule has 40 heavy (non-hydrogen) atoms. The zero-order chi connectivity index (χ0) is 29.4. The molecule has 0 spiro atoms. The fourth-order valence-corrected chi connectivity index (χ4v) is 5.58. The number of anilines is 1. The van der Waals surface area contributed by atoms with Gasteiger partial charge >= 0.3 is 0 Å². The van der Waals surface area contributed by atoms with Gasteiger partial charge in [0.2, 0.25) is 11.8 Å². The van der Waals surface area contributed by atoms with Crippen molar-refractivity contribution in [2.45, 2.75) is 52.1 Å². The summed E-state index contributed by atoms with van der Waals surface area (Å²) in [6.07, 6.45) is 0. The van der Waals surface area contributed by atoms with Crippen LogP contribution >= 0.6 is 0 Å². The number of ether oxygens (including phenoxy) is 1. The molecule has 3 rings (SSSR count). The largest absolute Gasteiger partial charge is 0.495 e. The van der Waals surface area contributed by atoms with Crippen LogP contribution in [-0.2, 0) is 26.2 Å². The van der Waals surface area contributed by atoms with Gasteiger partial charge < -0.3 is 15.0 Å². The van der Waals surface area contributed by atoms with Gasteiger partial charge in [0.25, 0.3) is 10.0 Å². The molecule has 0 unspecified atom stereocenters. The SMILES string of the molecule is COc1ccc(C)cc1N(CC(=O)N(Cc1ccccc1)[C@H](C)C(=O)NCC(C)C)S(=O)(=O)c1ccc(C)cc1. The van der Waals surface area contributed by atoms with Crippen LogP contribution in [0.3, 0.4) is 0 Å². The molecule has 0 bridgehead atoms. The average Bonchev–Trinajstić information content (AvgIpc) is 2.93. The lowest BCUT2D eigenvalue weighted by Gasteiger charge is -2.32. The Labute approximate surface area is 238 Å². The van der Waals surface area contributed by atoms with Crippen LogP contribution in [0.4, 0.5) is 5.69 Å². The summed E-state index contributed by atoms with van der Waals surface area (Å²) in [5, 5.41) is 2.89. The smallest absolute Gasteiger partial charge is 0.264 e. The van der Waals surface area contributed by atoms with Gasteiger partial charge in [0.15, 0.2) is 0 Å². The lowest BCUT2D eigenvalue weighted by atomic mass is 10.1. The molecule has 214 valence electrons. The maximum Gasteiger partial charge on any atom is 0.264 e. The van der Waals surface area contributed by atoms with E-state index >= 15 is 0 Å². The number of sulfonamides is 1. The van der Waals surface area contributed by atoms with Gasteiger partial charge in [-0.05, 0) is 62.1 Å². The fourth-order valence-electron chi connectivity index (χ4n) is 4.16. The van der Waals surface area contributed by atoms with E-state index in [4.69, 9.17) is 4.74 Å². The third-order valence-electron chi connectivity index (χ3n) is 6.54. The van der Waals surface area contributed by atoms with Crippen LogP contribution in [0.5, 0.6) is 5.75 Å². The molecule has 1 atom stereocenters. The van der Waals surface area contributed by atoms with Crippen LogP contribution in [0.25, 0.3) is 0 Å². The minimum Gasteiger partial charge on any atom is -0.495 e. The number of methoxy groups -OCH3 is 1. The number of amides is 2. The van der Waals surface area contributed by atoms with E-state index in [-0.39, 0.29) is 29.0 Å². The Kier molecular flexibility index (Phi) is 10.3. The van der Waals surface area contributed by atoms with Crippen molar-refractivity contribution in [2.75, 3.05) is 24.5 Å². The van der Waals surface area contributed by atoms with Crippen molar-refractivity contribution < 1.29 is 22.7 Å². The van der Waals surface area contributed by atoms with Crippen LogP contribution in [0.15, 0.2) is 77.7 Å². The van der Waals surface area contributed by atoms with Crippen molar-refractivity contribution in [2.24, 2.45) is 5.92 Å². The summed E-state index contributed by atoms with van der Waals surface area (Å²) in [5.74, 6) is -0.279. The highest BCUT2D eigenvalue weighted by Gasteiger charge is 2.34. The van der Waals surface area contributed by atoms with Gasteiger partial charge in [-0.3, -0.25) is 13.9 Å². The molecule has 1 N–H and O–H groups in total. The van der Waals surface area contributed by atoms with Gasteiger partial charge in [-0.1, -0.05) is 67.9 Å². The van der Waals surface area contributed by atoms with Crippen molar-refractivity contribution in [3.8, 4) is 5.75 Å². The summed E-state index contributed by atoms with van der Waals surface area (Å²) in [6.45, 7) is 9.41. The molecular formula is C31H39N3O5S. The number of nitrogens with zero attached hydrogens (tertiary/aromatic N) is 2. The monoisotopic (exact) mass is 565 g/mol. The molecule has 2 amide bonds. The van der Waals surface area contributed by atoms with Gasteiger partial charge in [0.1, 0.15) is 18.3 Å². The lowest BCUT2D eigenvalue weighted by Crippen LogP contribution is -2.51. The number of hydrogen-bond donors (Lipinski definition) is 1. The molecule has 0 heterocycles. The summed E-state index contributed by atoms with van der Waals surface area (Å²) >= 11 is 0. The highest BCUT2D eigenvalue weighted by molar-refractivity contribution is 7.92. The lowest BCUT2D eigenvalue weighted by molar-refractivity contribution is -0.139. The van der Waals surface area contributed by atoms with Gasteiger partial charge in [-0.2, -0.15) is 0 Å². The minimum absolute atomic E-state index is 0.0480. The standard InChI is InChI=1S/C31H39N3O5S/c1-22(2)19-32-31(36)25(5)33(20-26-10-8-7-9-11-26)30(35)21-34(28-18-24(4)14-17-29(28)39-6)40(37,38)27-15-12-23(3)13-16-27/h7-18,22,25H,19-21H2,1-6H3,(H,32,36)/t25-/m1/s1. The molecule has 3 aromatic carbocycles. The van der Waals surface area contributed by atoms with Gasteiger partial charge in [-0.25, -0.2) is 8.42 Å². The van der Waals surface area contributed by atoms with Gasteiger partial charge in [0.05, 0.1) is 17.7 Å². The number of carbonyl (C=O) groups excluding carboxylic acids is 2. The van der Waals surface area contributed by atoms with Crippen molar-refractivity contribution in [3.63, 3.8) is 0 Å². The average molecular weight is 566 g/mol. The molecule has 0 aromatic heterocycles. The number of nitrogens with one attached hydrogen (secondary N) is 1. The summed E-state index contributed by atoms with van der Waals surface area (Å²) in [5.41, 5.74) is 2.77. The third kappa shape index (κ3) is 7.63. The van der Waals surface area contributed by atoms with Crippen LogP contribution in [0.1, 0.15) is 37.5 Å². The zero-order valence-electron chi connectivity index (χ0n) is 24.0. The Morgan fingerprint density at radius 1 is 0.900 bits per heavy atom. The first-order valence-corrected chi connectivity index (χ1v) is 14.7. The van der Waals surface area contributed by atoms with Crippen molar-refractivity contribution in [3.05, 3.63) is 89.5 Å². The zero-order valence-corrected chi connectivity index (χ0v) is 24.9. The van der Waals surface area contributed by atoms with E-state index in [1.54, 1.807) is 31.2 Å². The Hall–Kier alpha value is -3.85. The number of hydrogen-bond acceptors (Lipinski definition) is 5. The van der Waals surface area contributed by atoms with E-state index in [0.717, 1.165) is 21.0 Å². The maximum absolute atomic E-state index is 14.0. The molecule has 0 saturated heterocycles. The van der Waals surface area contributed by atoms with E-state index in [1.807, 2.05) is 64.1 Å². The van der Waals surface area contributed by atoms with E-state index in [9.17, 15) is 18.0 Å². The highest BCUT2D eigenvalue weighted by Crippen LogP contribution is 2.33. The van der Waals surface area contributed by atoms with Crippen molar-refractivity contribution >= 4 is 27.5 Å². The van der Waals surface area contributed by atoms with Crippen molar-refractivity contribution in [1.82, 2.24) is 10.2 Å². The number of rotatable bonds is 12. The second-order valence-electron chi connectivity index (χ2n) is 10.3. The van der Waals surface area contributed by atoms with Gasteiger partial charge in [-0.15, -0.1) is 0 Å². The topological polar surface area (TPSA) is 96.0 Å². The molecule has 0 aliphatic heterocycles. The Bertz CT molecular complexity index is 1410. The Balaban J connectivity index is 2.07. The normalized spacial score (nSPS) is 12.1. The van der Waals surface area contributed by atoms with E-state index < -0.39 is 28.5 Å². The highest BCUT2D eigenvalue weighted by atomic mass is 32.2. The Morgan fingerprint density at radius 3 is 2.12 bits per heavy atom. The molecule has 3 aromatic rings. The number of carbonyl (C=O) groups is 2. The summed E-state index contributed by atoms with van der Waals surface area (Å²) < 4.78 is 34.7. The van der Waals surface area contributed by atoms with E-state index in [0.29, 0.717) is 12.3 Å². The maximum atomic E-state index is 14.0. The third-order valence-corrected chi connectivity index (χ3v) is 8.31. The van der Waals surface area contributed by atoms with Crippen LogP contribution in [-0.4, -0.2) is 51.4 Å².